The molecule has 0 spiro atoms. The fourth-order valence-electron chi connectivity index (χ4n) is 3.67. The maximum absolute atomic E-state index is 12.6. The van der Waals surface area contributed by atoms with Gasteiger partial charge < -0.3 is 9.80 Å². The SMILES string of the molecule is Cl.O=C(CCN1C(=O)c2ccccc2C1=O)N1CCN(c2ccc(Cl)cc2)CC1. The first-order valence-electron chi connectivity index (χ1n) is 9.28. The van der Waals surface area contributed by atoms with Gasteiger partial charge in [0.2, 0.25) is 5.91 Å². The summed E-state index contributed by atoms with van der Waals surface area (Å²) in [7, 11) is 0. The van der Waals surface area contributed by atoms with Crippen LogP contribution in [0.25, 0.3) is 0 Å². The molecule has 0 atom stereocenters. The van der Waals surface area contributed by atoms with Crippen molar-refractivity contribution in [2.75, 3.05) is 37.6 Å². The number of carbonyl (C=O) groups excluding carboxylic acids is 3. The number of hydrogen-bond acceptors (Lipinski definition) is 4. The minimum absolute atomic E-state index is 0. The average molecular weight is 434 g/mol. The monoisotopic (exact) mass is 433 g/mol. The first kappa shape index (κ1) is 21.1. The molecular weight excluding hydrogens is 413 g/mol. The van der Waals surface area contributed by atoms with Crippen LogP contribution in [0.1, 0.15) is 27.1 Å². The molecule has 0 aromatic heterocycles. The van der Waals surface area contributed by atoms with Crippen molar-refractivity contribution in [3.8, 4) is 0 Å². The predicted octanol–water partition coefficient (Wildman–Crippen LogP) is 3.10. The highest BCUT2D eigenvalue weighted by molar-refractivity contribution is 6.30. The Kier molecular flexibility index (Phi) is 6.45. The summed E-state index contributed by atoms with van der Waals surface area (Å²) in [6.07, 6.45) is 0.145. The molecule has 2 aromatic carbocycles. The van der Waals surface area contributed by atoms with Crippen molar-refractivity contribution in [2.24, 2.45) is 0 Å². The number of hydrogen-bond donors (Lipinski definition) is 0. The van der Waals surface area contributed by atoms with E-state index in [9.17, 15) is 14.4 Å². The molecule has 29 heavy (non-hydrogen) atoms. The highest BCUT2D eigenvalue weighted by Gasteiger charge is 2.35. The molecule has 2 aliphatic rings. The fraction of sp³-hybridized carbons (Fsp3) is 0.286. The minimum Gasteiger partial charge on any atom is -0.368 e. The Labute approximate surface area is 180 Å². The zero-order valence-corrected chi connectivity index (χ0v) is 17.3. The van der Waals surface area contributed by atoms with Crippen LogP contribution in [0.4, 0.5) is 5.69 Å². The number of carbonyl (C=O) groups is 3. The number of halogens is 2. The van der Waals surface area contributed by atoms with Crippen molar-refractivity contribution in [2.45, 2.75) is 6.42 Å². The standard InChI is InChI=1S/C21H20ClN3O3.ClH/c22-15-5-7-16(8-6-15)23-11-13-24(14-12-23)19(26)9-10-25-20(27)17-3-1-2-4-18(17)21(25)28;/h1-8H,9-14H2;1H. The van der Waals surface area contributed by atoms with Crippen LogP contribution >= 0.6 is 24.0 Å². The Balaban J connectivity index is 0.00000240. The smallest absolute Gasteiger partial charge is 0.261 e. The second-order valence-corrected chi connectivity index (χ2v) is 7.34. The molecule has 2 heterocycles. The number of piperazine rings is 1. The van der Waals surface area contributed by atoms with E-state index >= 15 is 0 Å². The molecule has 0 N–H and O–H groups in total. The number of amides is 3. The highest BCUT2D eigenvalue weighted by atomic mass is 35.5. The van der Waals surface area contributed by atoms with Crippen molar-refractivity contribution in [3.63, 3.8) is 0 Å². The van der Waals surface area contributed by atoms with E-state index < -0.39 is 0 Å². The second-order valence-electron chi connectivity index (χ2n) is 6.90. The van der Waals surface area contributed by atoms with Crippen molar-refractivity contribution in [1.82, 2.24) is 9.80 Å². The lowest BCUT2D eigenvalue weighted by molar-refractivity contribution is -0.131. The number of imide groups is 1. The highest BCUT2D eigenvalue weighted by Crippen LogP contribution is 2.23. The third kappa shape index (κ3) is 4.23. The van der Waals surface area contributed by atoms with Crippen LogP contribution < -0.4 is 4.90 Å². The van der Waals surface area contributed by atoms with Crippen LogP contribution in [-0.4, -0.2) is 60.2 Å². The lowest BCUT2D eigenvalue weighted by Gasteiger charge is -2.36. The molecule has 2 aromatic rings. The van der Waals surface area contributed by atoms with Crippen molar-refractivity contribution < 1.29 is 14.4 Å². The minimum atomic E-state index is -0.319. The largest absolute Gasteiger partial charge is 0.368 e. The Morgan fingerprint density at radius 2 is 1.41 bits per heavy atom. The lowest BCUT2D eigenvalue weighted by Crippen LogP contribution is -2.49. The number of benzene rings is 2. The van der Waals surface area contributed by atoms with E-state index in [0.29, 0.717) is 29.2 Å². The van der Waals surface area contributed by atoms with Gasteiger partial charge in [-0.25, -0.2) is 0 Å². The molecule has 0 aliphatic carbocycles. The van der Waals surface area contributed by atoms with Gasteiger partial charge in [0.05, 0.1) is 11.1 Å². The van der Waals surface area contributed by atoms with Crippen LogP contribution in [0.3, 0.4) is 0 Å². The van der Waals surface area contributed by atoms with E-state index in [-0.39, 0.29) is 43.1 Å². The van der Waals surface area contributed by atoms with Gasteiger partial charge in [0.25, 0.3) is 11.8 Å². The topological polar surface area (TPSA) is 60.9 Å². The predicted molar refractivity (Wildman–Crippen MR) is 114 cm³/mol. The molecule has 152 valence electrons. The second kappa shape index (κ2) is 8.84. The molecule has 1 fully saturated rings. The fourth-order valence-corrected chi connectivity index (χ4v) is 3.80. The van der Waals surface area contributed by atoms with E-state index in [1.807, 2.05) is 24.3 Å². The first-order valence-corrected chi connectivity index (χ1v) is 9.66. The van der Waals surface area contributed by atoms with E-state index in [1.54, 1.807) is 29.2 Å². The van der Waals surface area contributed by atoms with Gasteiger partial charge in [0, 0.05) is 49.9 Å². The summed E-state index contributed by atoms with van der Waals surface area (Å²) in [5.74, 6) is -0.672. The molecular formula is C21H21Cl2N3O3. The van der Waals surface area contributed by atoms with E-state index in [1.165, 1.54) is 4.90 Å². The van der Waals surface area contributed by atoms with Crippen molar-refractivity contribution in [1.29, 1.82) is 0 Å². The van der Waals surface area contributed by atoms with E-state index in [2.05, 4.69) is 4.90 Å². The van der Waals surface area contributed by atoms with Crippen LogP contribution in [0.15, 0.2) is 48.5 Å². The lowest BCUT2D eigenvalue weighted by atomic mass is 10.1. The average Bonchev–Trinajstić information content (AvgIpc) is 2.97. The Hall–Kier alpha value is -2.57. The van der Waals surface area contributed by atoms with Gasteiger partial charge in [-0.2, -0.15) is 0 Å². The van der Waals surface area contributed by atoms with Crippen molar-refractivity contribution in [3.05, 3.63) is 64.7 Å². The third-order valence-corrected chi connectivity index (χ3v) is 5.50. The van der Waals surface area contributed by atoms with Crippen LogP contribution in [0.2, 0.25) is 5.02 Å². The maximum atomic E-state index is 12.6. The summed E-state index contributed by atoms with van der Waals surface area (Å²) in [6.45, 7) is 2.82. The molecule has 8 heteroatoms. The maximum Gasteiger partial charge on any atom is 0.261 e. The normalized spacial score (nSPS) is 16.0. The molecule has 0 saturated carbocycles. The molecule has 4 rings (SSSR count). The van der Waals surface area contributed by atoms with Crippen LogP contribution in [0.5, 0.6) is 0 Å². The van der Waals surface area contributed by atoms with E-state index in [4.69, 9.17) is 11.6 Å². The molecule has 0 unspecified atom stereocenters. The number of anilines is 1. The molecule has 3 amide bonds. The van der Waals surface area contributed by atoms with Gasteiger partial charge in [-0.05, 0) is 36.4 Å². The summed E-state index contributed by atoms with van der Waals surface area (Å²) < 4.78 is 0. The number of fused-ring (bicyclic) bond motifs is 1. The van der Waals surface area contributed by atoms with Gasteiger partial charge >= 0.3 is 0 Å². The number of rotatable bonds is 4. The third-order valence-electron chi connectivity index (χ3n) is 5.25. The number of nitrogens with zero attached hydrogens (tertiary/aromatic N) is 3. The molecule has 0 bridgehead atoms. The van der Waals surface area contributed by atoms with Gasteiger partial charge in [-0.3, -0.25) is 19.3 Å². The molecule has 6 nitrogen and oxygen atoms in total. The summed E-state index contributed by atoms with van der Waals surface area (Å²) in [6, 6.07) is 14.4. The first-order chi connectivity index (χ1) is 13.5. The Bertz CT molecular complexity index is 890. The summed E-state index contributed by atoms with van der Waals surface area (Å²) >= 11 is 5.93. The molecule has 0 radical (unpaired) electrons. The Morgan fingerprint density at radius 1 is 0.862 bits per heavy atom. The quantitative estimate of drug-likeness (QED) is 0.694. The zero-order chi connectivity index (χ0) is 19.7. The van der Waals surface area contributed by atoms with Crippen LogP contribution in [-0.2, 0) is 4.79 Å². The van der Waals surface area contributed by atoms with E-state index in [0.717, 1.165) is 18.8 Å². The zero-order valence-electron chi connectivity index (χ0n) is 15.7. The van der Waals surface area contributed by atoms with Gasteiger partial charge in [0.1, 0.15) is 0 Å². The summed E-state index contributed by atoms with van der Waals surface area (Å²) in [4.78, 5) is 42.5. The molecule has 1 saturated heterocycles. The van der Waals surface area contributed by atoms with Gasteiger partial charge in [0.15, 0.2) is 0 Å². The molecule has 2 aliphatic heterocycles. The Morgan fingerprint density at radius 3 is 1.97 bits per heavy atom. The van der Waals surface area contributed by atoms with Crippen LogP contribution in [0, 0.1) is 0 Å². The van der Waals surface area contributed by atoms with Gasteiger partial charge in [-0.1, -0.05) is 23.7 Å². The van der Waals surface area contributed by atoms with Crippen molar-refractivity contribution >= 4 is 47.4 Å². The van der Waals surface area contributed by atoms with Gasteiger partial charge in [-0.15, -0.1) is 12.4 Å². The summed E-state index contributed by atoms with van der Waals surface area (Å²) in [5, 5.41) is 0.700. The summed E-state index contributed by atoms with van der Waals surface area (Å²) in [5.41, 5.74) is 1.91.